The fourth-order valence-corrected chi connectivity index (χ4v) is 24.2. The molecule has 0 heterocycles. The molecule has 2 aliphatic rings. The molecule has 0 radical (unpaired) electrons. The summed E-state index contributed by atoms with van der Waals surface area (Å²) in [6.45, 7) is 32.8. The van der Waals surface area contributed by atoms with Crippen LogP contribution in [0.5, 0.6) is 0 Å². The molecule has 77 heavy (non-hydrogen) atoms. The number of halogens is 1. The number of ether oxygens (including phenoxy) is 1. The molecular weight excluding hydrogens is 1040 g/mol. The van der Waals surface area contributed by atoms with Gasteiger partial charge in [0.15, 0.2) is 0 Å². The molecule has 8 rings (SSSR count). The molecule has 6 aromatic rings. The van der Waals surface area contributed by atoms with E-state index < -0.39 is 36.2 Å². The fraction of sp³-hybridized carbons (Fsp3) is 0.415. The second kappa shape index (κ2) is 29.1. The Kier molecular flexibility index (Phi) is 25.6. The molecule has 4 atom stereocenters. The van der Waals surface area contributed by atoms with Crippen molar-refractivity contribution in [3.8, 4) is 0 Å². The average Bonchev–Trinajstić information content (AvgIpc) is 4.22. The normalized spacial score (nSPS) is 18.9. The van der Waals surface area contributed by atoms with E-state index in [0.29, 0.717) is 31.7 Å². The second-order valence-corrected chi connectivity index (χ2v) is 36.5. The first-order chi connectivity index (χ1) is 35.4. The number of esters is 1. The summed E-state index contributed by atoms with van der Waals surface area (Å²) < 4.78 is 25.0. The van der Waals surface area contributed by atoms with E-state index in [9.17, 15) is 15.0 Å². The molecule has 0 amide bonds. The SMILES string of the molecule is CC1CC1(O)CO[Si](c1ccccc1)(c1ccccc1)C(C)(C)C.CC1CC1(O)CO[Si](c1ccccc1)(c1ccccc1)C(C)(C)C.CCOC(=O)CO[Si](c1ccccc1)(c1ccccc1)C(C)(C)C.[CH2-]CC.[Cl-].[Mg+2]. The van der Waals surface area contributed by atoms with Crippen molar-refractivity contribution in [2.24, 2.45) is 11.8 Å². The molecule has 0 spiro atoms. The number of benzene rings is 6. The Bertz CT molecular complexity index is 2370. The molecule has 0 saturated heterocycles. The van der Waals surface area contributed by atoms with Crippen molar-refractivity contribution < 1.29 is 45.4 Å². The summed E-state index contributed by atoms with van der Waals surface area (Å²) in [7, 11) is -7.66. The van der Waals surface area contributed by atoms with Crippen LogP contribution < -0.4 is 43.5 Å². The molecule has 2 N–H and O–H groups in total. The first-order valence-electron chi connectivity index (χ1n) is 27.1. The van der Waals surface area contributed by atoms with Crippen molar-refractivity contribution in [3.05, 3.63) is 189 Å². The van der Waals surface area contributed by atoms with Gasteiger partial charge < -0.3 is 47.6 Å². The summed E-state index contributed by atoms with van der Waals surface area (Å²) in [6, 6.07) is 62.9. The van der Waals surface area contributed by atoms with Crippen LogP contribution in [-0.2, 0) is 22.8 Å². The Hall–Kier alpha value is -3.70. The standard InChI is InChI=1S/2C21H28O2Si.C20H26O3Si.C3H7.ClH.Mg/c2*1-17-15-21(17,22)16-23-24(20(2,3)4,18-11-7-5-8-12-18)19-13-9-6-10-14-19;1-5-22-19(21)16-23-24(20(2,3)4,17-12-8-6-9-13-17)18-14-10-7-11-15-18;1-3-2;;/h2*5-14,17,22H,15-16H2,1-4H3;6-15H,5,16H2,1-4H3;1,3H2,2H3;1H;/q;;;-1;;+2/p-1. The smallest absolute Gasteiger partial charge is 1.00 e. The Morgan fingerprint density at radius 1 is 0.481 bits per heavy atom. The van der Waals surface area contributed by atoms with Crippen molar-refractivity contribution in [2.45, 2.75) is 136 Å². The summed E-state index contributed by atoms with van der Waals surface area (Å²) in [6.07, 6.45) is 2.68. The van der Waals surface area contributed by atoms with Gasteiger partial charge in [0.2, 0.25) is 0 Å². The quantitative estimate of drug-likeness (QED) is 0.0585. The molecule has 4 unspecified atom stereocenters. The third-order valence-corrected chi connectivity index (χ3v) is 29.8. The first kappa shape index (κ1) is 67.6. The van der Waals surface area contributed by atoms with Crippen LogP contribution in [0.2, 0.25) is 15.1 Å². The van der Waals surface area contributed by atoms with E-state index in [4.69, 9.17) is 18.0 Å². The van der Waals surface area contributed by atoms with Crippen LogP contribution in [0.4, 0.5) is 0 Å². The van der Waals surface area contributed by atoms with Crippen LogP contribution in [0, 0.1) is 18.8 Å². The van der Waals surface area contributed by atoms with Crippen LogP contribution >= 0.6 is 0 Å². The van der Waals surface area contributed by atoms with Crippen molar-refractivity contribution in [2.75, 3.05) is 26.4 Å². The number of rotatable bonds is 16. The van der Waals surface area contributed by atoms with Gasteiger partial charge >= 0.3 is 29.0 Å². The predicted molar refractivity (Wildman–Crippen MR) is 326 cm³/mol. The maximum Gasteiger partial charge on any atom is 2.00 e. The van der Waals surface area contributed by atoms with Gasteiger partial charge in [0.25, 0.3) is 25.0 Å². The van der Waals surface area contributed by atoms with Crippen molar-refractivity contribution in [1.29, 1.82) is 0 Å². The molecule has 0 aliphatic heterocycles. The number of carbonyl (C=O) groups is 1. The van der Waals surface area contributed by atoms with Gasteiger partial charge in [-0.1, -0.05) is 265 Å². The molecule has 2 aliphatic carbocycles. The predicted octanol–water partition coefficient (Wildman–Crippen LogP) is 7.65. The van der Waals surface area contributed by atoms with E-state index in [1.807, 2.05) is 67.6 Å². The van der Waals surface area contributed by atoms with Crippen LogP contribution in [0.25, 0.3) is 0 Å². The minimum atomic E-state index is -2.64. The molecular formula is C65H89ClMgO7Si3. The van der Waals surface area contributed by atoms with Gasteiger partial charge in [0.05, 0.1) is 31.0 Å². The minimum absolute atomic E-state index is 0. The molecule has 412 valence electrons. The Morgan fingerprint density at radius 2 is 0.675 bits per heavy atom. The topological polar surface area (TPSA) is 94.5 Å². The van der Waals surface area contributed by atoms with Crippen LogP contribution in [0.3, 0.4) is 0 Å². The summed E-state index contributed by atoms with van der Waals surface area (Å²) >= 11 is 0. The molecule has 7 nitrogen and oxygen atoms in total. The van der Waals surface area contributed by atoms with Crippen molar-refractivity contribution in [1.82, 2.24) is 0 Å². The van der Waals surface area contributed by atoms with E-state index in [1.165, 1.54) is 20.7 Å². The van der Waals surface area contributed by atoms with E-state index in [0.717, 1.165) is 29.6 Å². The number of carbonyl (C=O) groups excluding carboxylic acids is 1. The Balaban J connectivity index is 0.000000292. The largest absolute Gasteiger partial charge is 2.00 e. The van der Waals surface area contributed by atoms with E-state index in [2.05, 4.69) is 204 Å². The zero-order chi connectivity index (χ0) is 55.2. The molecule has 2 fully saturated rings. The summed E-state index contributed by atoms with van der Waals surface area (Å²) in [5.41, 5.74) is -1.29. The van der Waals surface area contributed by atoms with Crippen molar-refractivity contribution in [3.63, 3.8) is 0 Å². The van der Waals surface area contributed by atoms with Gasteiger partial charge in [-0.3, -0.25) is 0 Å². The van der Waals surface area contributed by atoms with Gasteiger partial charge in [-0.05, 0) is 77.8 Å². The summed E-state index contributed by atoms with van der Waals surface area (Å²) in [5, 5.41) is 28.4. The molecule has 6 aromatic carbocycles. The van der Waals surface area contributed by atoms with Gasteiger partial charge in [-0.25, -0.2) is 4.79 Å². The van der Waals surface area contributed by atoms with Gasteiger partial charge in [-0.2, -0.15) is 6.42 Å². The number of hydrogen-bond acceptors (Lipinski definition) is 7. The van der Waals surface area contributed by atoms with Gasteiger partial charge in [0.1, 0.15) is 6.61 Å². The maximum atomic E-state index is 12.0. The maximum absolute atomic E-state index is 12.0. The average molecular weight is 1130 g/mol. The molecule has 2 saturated carbocycles. The van der Waals surface area contributed by atoms with E-state index in [1.54, 1.807) is 6.92 Å². The fourth-order valence-electron chi connectivity index (χ4n) is 10.5. The van der Waals surface area contributed by atoms with Gasteiger partial charge in [0, 0.05) is 0 Å². The Morgan fingerprint density at radius 3 is 0.844 bits per heavy atom. The van der Waals surface area contributed by atoms with Crippen molar-refractivity contribution >= 4 is 85.1 Å². The monoisotopic (exact) mass is 1120 g/mol. The molecule has 0 aromatic heterocycles. The zero-order valence-electron chi connectivity index (χ0n) is 48.7. The van der Waals surface area contributed by atoms with Gasteiger partial charge in [-0.15, -0.1) is 0 Å². The minimum Gasteiger partial charge on any atom is -1.00 e. The van der Waals surface area contributed by atoms with E-state index >= 15 is 0 Å². The number of hydrogen-bond donors (Lipinski definition) is 2. The van der Waals surface area contributed by atoms with Crippen LogP contribution in [0.15, 0.2) is 182 Å². The number of aliphatic hydroxyl groups is 2. The summed E-state index contributed by atoms with van der Waals surface area (Å²) in [4.78, 5) is 12.0. The van der Waals surface area contributed by atoms with Crippen LogP contribution in [-0.4, -0.2) is 102 Å². The zero-order valence-corrected chi connectivity index (χ0v) is 53.8. The first-order valence-corrected chi connectivity index (χ1v) is 32.8. The third kappa shape index (κ3) is 16.2. The Labute approximate surface area is 489 Å². The molecule has 0 bridgehead atoms. The second-order valence-electron chi connectivity index (χ2n) is 23.6. The summed E-state index contributed by atoms with van der Waals surface area (Å²) in [5.74, 6) is 0.344. The molecule has 12 heteroatoms. The van der Waals surface area contributed by atoms with E-state index in [-0.39, 0.29) is 63.2 Å². The van der Waals surface area contributed by atoms with Crippen LogP contribution in [0.1, 0.15) is 109 Å². The third-order valence-electron chi connectivity index (χ3n) is 14.9.